The maximum absolute atomic E-state index is 12.9. The van der Waals surface area contributed by atoms with Crippen molar-refractivity contribution < 1.29 is 14.3 Å². The van der Waals surface area contributed by atoms with E-state index in [4.69, 9.17) is 4.74 Å². The van der Waals surface area contributed by atoms with Gasteiger partial charge in [0.05, 0.1) is 19.7 Å². The number of carbonyl (C=O) groups is 2. The fraction of sp³-hybridized carbons (Fsp3) is 0.417. The minimum Gasteiger partial charge on any atom is -0.497 e. The SMILES string of the molecule is COc1ccc([C@H](NC(=O)CN2CCN(C(=O)C3CC3)CC2)c2ccccc2)cc1. The Morgan fingerprint density at radius 1 is 0.967 bits per heavy atom. The maximum Gasteiger partial charge on any atom is 0.234 e. The predicted octanol–water partition coefficient (Wildman–Crippen LogP) is 2.46. The highest BCUT2D eigenvalue weighted by Gasteiger charge is 2.34. The quantitative estimate of drug-likeness (QED) is 0.766. The van der Waals surface area contributed by atoms with Crippen LogP contribution in [-0.4, -0.2) is 61.4 Å². The number of nitrogens with zero attached hydrogens (tertiary/aromatic N) is 2. The van der Waals surface area contributed by atoms with E-state index in [0.29, 0.717) is 25.5 Å². The zero-order valence-electron chi connectivity index (χ0n) is 17.4. The Kier molecular flexibility index (Phi) is 6.33. The Morgan fingerprint density at radius 2 is 1.60 bits per heavy atom. The van der Waals surface area contributed by atoms with Gasteiger partial charge in [0, 0.05) is 32.1 Å². The molecule has 0 bridgehead atoms. The lowest BCUT2D eigenvalue weighted by Gasteiger charge is -2.34. The molecule has 1 saturated carbocycles. The number of hydrogen-bond acceptors (Lipinski definition) is 4. The minimum atomic E-state index is -0.220. The normalized spacial score (nSPS) is 18.0. The highest BCUT2D eigenvalue weighted by molar-refractivity contribution is 5.81. The fourth-order valence-corrected chi connectivity index (χ4v) is 3.93. The van der Waals surface area contributed by atoms with Crippen molar-refractivity contribution in [3.8, 4) is 5.75 Å². The molecule has 6 nitrogen and oxygen atoms in total. The minimum absolute atomic E-state index is 0.0124. The standard InChI is InChI=1S/C24H29N3O3/c1-30-21-11-9-19(10-12-21)23(18-5-3-2-4-6-18)25-22(28)17-26-13-15-27(16-14-26)24(29)20-7-8-20/h2-6,9-12,20,23H,7-8,13-17H2,1H3,(H,25,28)/t23-/m1/s1. The number of hydrogen-bond donors (Lipinski definition) is 1. The molecule has 1 aliphatic carbocycles. The van der Waals surface area contributed by atoms with Crippen LogP contribution in [0.4, 0.5) is 0 Å². The van der Waals surface area contributed by atoms with Crippen LogP contribution in [0, 0.1) is 5.92 Å². The molecule has 1 heterocycles. The zero-order valence-corrected chi connectivity index (χ0v) is 17.4. The van der Waals surface area contributed by atoms with Crippen LogP contribution in [0.25, 0.3) is 0 Å². The number of carbonyl (C=O) groups excluding carboxylic acids is 2. The van der Waals surface area contributed by atoms with Gasteiger partial charge in [-0.3, -0.25) is 14.5 Å². The molecule has 2 amide bonds. The van der Waals surface area contributed by atoms with Gasteiger partial charge in [0.25, 0.3) is 0 Å². The highest BCUT2D eigenvalue weighted by atomic mass is 16.5. The smallest absolute Gasteiger partial charge is 0.234 e. The molecule has 6 heteroatoms. The topological polar surface area (TPSA) is 61.9 Å². The summed E-state index contributed by atoms with van der Waals surface area (Å²) in [4.78, 5) is 29.2. The molecular weight excluding hydrogens is 378 g/mol. The summed E-state index contributed by atoms with van der Waals surface area (Å²) in [6, 6.07) is 17.6. The summed E-state index contributed by atoms with van der Waals surface area (Å²) in [6.45, 7) is 3.24. The molecular formula is C24H29N3O3. The van der Waals surface area contributed by atoms with E-state index in [0.717, 1.165) is 42.8 Å². The van der Waals surface area contributed by atoms with Crippen molar-refractivity contribution in [3.05, 3.63) is 65.7 Å². The van der Waals surface area contributed by atoms with Gasteiger partial charge in [-0.05, 0) is 36.1 Å². The number of benzene rings is 2. The first-order valence-electron chi connectivity index (χ1n) is 10.6. The number of rotatable bonds is 7. The molecule has 0 aromatic heterocycles. The van der Waals surface area contributed by atoms with E-state index in [9.17, 15) is 9.59 Å². The third-order valence-corrected chi connectivity index (χ3v) is 5.87. The molecule has 2 fully saturated rings. The lowest BCUT2D eigenvalue weighted by Crippen LogP contribution is -2.51. The first kappa shape index (κ1) is 20.4. The zero-order chi connectivity index (χ0) is 20.9. The number of amides is 2. The second-order valence-corrected chi connectivity index (χ2v) is 8.06. The van der Waals surface area contributed by atoms with Crippen molar-refractivity contribution in [1.82, 2.24) is 15.1 Å². The Morgan fingerprint density at radius 3 is 2.20 bits per heavy atom. The first-order valence-corrected chi connectivity index (χ1v) is 10.6. The lowest BCUT2D eigenvalue weighted by molar-refractivity contribution is -0.134. The number of methoxy groups -OCH3 is 1. The maximum atomic E-state index is 12.9. The van der Waals surface area contributed by atoms with Crippen molar-refractivity contribution in [2.75, 3.05) is 39.8 Å². The van der Waals surface area contributed by atoms with Gasteiger partial charge in [0.2, 0.25) is 11.8 Å². The first-order chi connectivity index (χ1) is 14.6. The van der Waals surface area contributed by atoms with Crippen LogP contribution >= 0.6 is 0 Å². The van der Waals surface area contributed by atoms with E-state index in [-0.39, 0.29) is 17.9 Å². The third kappa shape index (κ3) is 5.00. The average molecular weight is 408 g/mol. The summed E-state index contributed by atoms with van der Waals surface area (Å²) >= 11 is 0. The van der Waals surface area contributed by atoms with Crippen LogP contribution < -0.4 is 10.1 Å². The predicted molar refractivity (Wildman–Crippen MR) is 115 cm³/mol. The van der Waals surface area contributed by atoms with Gasteiger partial charge in [-0.1, -0.05) is 42.5 Å². The van der Waals surface area contributed by atoms with Crippen molar-refractivity contribution in [1.29, 1.82) is 0 Å². The number of nitrogens with one attached hydrogen (secondary N) is 1. The summed E-state index contributed by atoms with van der Waals surface area (Å²) < 4.78 is 5.26. The Hall–Kier alpha value is -2.86. The molecule has 1 aliphatic heterocycles. The summed E-state index contributed by atoms with van der Waals surface area (Å²) in [7, 11) is 1.64. The molecule has 2 aromatic carbocycles. The van der Waals surface area contributed by atoms with Gasteiger partial charge < -0.3 is 15.0 Å². The van der Waals surface area contributed by atoms with Gasteiger partial charge in [0.15, 0.2) is 0 Å². The molecule has 0 radical (unpaired) electrons. The van der Waals surface area contributed by atoms with Crippen LogP contribution in [0.2, 0.25) is 0 Å². The molecule has 30 heavy (non-hydrogen) atoms. The van der Waals surface area contributed by atoms with Gasteiger partial charge in [-0.25, -0.2) is 0 Å². The van der Waals surface area contributed by atoms with E-state index in [1.165, 1.54) is 0 Å². The van der Waals surface area contributed by atoms with Crippen molar-refractivity contribution in [3.63, 3.8) is 0 Å². The van der Waals surface area contributed by atoms with Crippen molar-refractivity contribution in [2.24, 2.45) is 5.92 Å². The summed E-state index contributed by atoms with van der Waals surface area (Å²) in [6.07, 6.45) is 2.07. The van der Waals surface area contributed by atoms with Gasteiger partial charge in [-0.15, -0.1) is 0 Å². The highest BCUT2D eigenvalue weighted by Crippen LogP contribution is 2.31. The van der Waals surface area contributed by atoms with Crippen LogP contribution in [0.1, 0.15) is 30.0 Å². The molecule has 1 N–H and O–H groups in total. The van der Waals surface area contributed by atoms with Gasteiger partial charge in [-0.2, -0.15) is 0 Å². The van der Waals surface area contributed by atoms with Crippen LogP contribution in [0.5, 0.6) is 5.75 Å². The van der Waals surface area contributed by atoms with E-state index >= 15 is 0 Å². The number of ether oxygens (including phenoxy) is 1. The van der Waals surface area contributed by atoms with E-state index in [1.54, 1.807) is 7.11 Å². The van der Waals surface area contributed by atoms with Crippen molar-refractivity contribution >= 4 is 11.8 Å². The Bertz CT molecular complexity index is 857. The molecule has 1 atom stereocenters. The second kappa shape index (κ2) is 9.30. The van der Waals surface area contributed by atoms with Gasteiger partial charge >= 0.3 is 0 Å². The van der Waals surface area contributed by atoms with E-state index in [2.05, 4.69) is 10.2 Å². The molecule has 4 rings (SSSR count). The molecule has 2 aromatic rings. The molecule has 1 saturated heterocycles. The number of piperazine rings is 1. The van der Waals surface area contributed by atoms with Crippen molar-refractivity contribution in [2.45, 2.75) is 18.9 Å². The molecule has 0 unspecified atom stereocenters. The molecule has 0 spiro atoms. The Labute approximate surface area is 177 Å². The summed E-state index contributed by atoms with van der Waals surface area (Å²) in [5.74, 6) is 1.33. The van der Waals surface area contributed by atoms with Crippen LogP contribution in [0.3, 0.4) is 0 Å². The average Bonchev–Trinajstić information content (AvgIpc) is 3.64. The second-order valence-electron chi connectivity index (χ2n) is 8.06. The summed E-state index contributed by atoms with van der Waals surface area (Å²) in [5.41, 5.74) is 2.05. The van der Waals surface area contributed by atoms with Crippen LogP contribution in [0.15, 0.2) is 54.6 Å². The largest absolute Gasteiger partial charge is 0.497 e. The fourth-order valence-electron chi connectivity index (χ4n) is 3.93. The monoisotopic (exact) mass is 407 g/mol. The van der Waals surface area contributed by atoms with Gasteiger partial charge in [0.1, 0.15) is 5.75 Å². The van der Waals surface area contributed by atoms with Crippen LogP contribution in [-0.2, 0) is 9.59 Å². The summed E-state index contributed by atoms with van der Waals surface area (Å²) in [5, 5.41) is 3.19. The van der Waals surface area contributed by atoms with E-state index in [1.807, 2.05) is 59.5 Å². The third-order valence-electron chi connectivity index (χ3n) is 5.87. The lowest BCUT2D eigenvalue weighted by atomic mass is 9.98. The molecule has 2 aliphatic rings. The van der Waals surface area contributed by atoms with E-state index < -0.39 is 0 Å². The molecule has 158 valence electrons. The Balaban J connectivity index is 1.37.